The summed E-state index contributed by atoms with van der Waals surface area (Å²) in [6.45, 7) is 0. The lowest BCUT2D eigenvalue weighted by molar-refractivity contribution is 0.790. The number of imidazole rings is 1. The van der Waals surface area contributed by atoms with Crippen molar-refractivity contribution in [1.82, 2.24) is 9.55 Å². The Labute approximate surface area is 66.7 Å². The van der Waals surface area contributed by atoms with E-state index in [1.165, 1.54) is 5.69 Å². The van der Waals surface area contributed by atoms with Crippen LogP contribution in [0.25, 0.3) is 0 Å². The zero-order valence-corrected chi connectivity index (χ0v) is 7.01. The third-order valence-corrected chi connectivity index (χ3v) is 1.82. The third-order valence-electron chi connectivity index (χ3n) is 1.51. The number of hydrogen-bond acceptors (Lipinski definition) is 2. The van der Waals surface area contributed by atoms with Crippen LogP contribution < -0.4 is 0 Å². The fraction of sp³-hybridized carbons (Fsp3) is 0.571. The van der Waals surface area contributed by atoms with Crippen molar-refractivity contribution in [1.29, 1.82) is 0 Å². The molecule has 3 heteroatoms. The Bertz CT molecular complexity index is 195. The number of rotatable bonds is 3. The monoisotopic (exact) mass is 156 g/mol. The molecule has 0 fully saturated rings. The minimum Gasteiger partial charge on any atom is -0.338 e. The van der Waals surface area contributed by atoms with Crippen molar-refractivity contribution < 1.29 is 0 Å². The van der Waals surface area contributed by atoms with Gasteiger partial charge in [0.25, 0.3) is 0 Å². The van der Waals surface area contributed by atoms with Crippen molar-refractivity contribution >= 4 is 12.6 Å². The van der Waals surface area contributed by atoms with Gasteiger partial charge in [0.05, 0.1) is 6.33 Å². The van der Waals surface area contributed by atoms with Crippen LogP contribution in [0, 0.1) is 0 Å². The SMILES string of the molecule is Cn1cncc1CCCS. The zero-order valence-electron chi connectivity index (χ0n) is 6.12. The fourth-order valence-corrected chi connectivity index (χ4v) is 1.04. The van der Waals surface area contributed by atoms with Gasteiger partial charge in [0.1, 0.15) is 0 Å². The zero-order chi connectivity index (χ0) is 7.40. The lowest BCUT2D eigenvalue weighted by Crippen LogP contribution is -1.94. The Balaban J connectivity index is 2.49. The quantitative estimate of drug-likeness (QED) is 0.653. The van der Waals surface area contributed by atoms with Gasteiger partial charge in [-0.3, -0.25) is 0 Å². The summed E-state index contributed by atoms with van der Waals surface area (Å²) in [6.07, 6.45) is 5.94. The molecule has 1 aromatic rings. The van der Waals surface area contributed by atoms with Crippen molar-refractivity contribution in [3.8, 4) is 0 Å². The van der Waals surface area contributed by atoms with Crippen LogP contribution in [0.5, 0.6) is 0 Å². The lowest BCUT2D eigenvalue weighted by atomic mass is 10.3. The predicted molar refractivity (Wildman–Crippen MR) is 45.4 cm³/mol. The lowest BCUT2D eigenvalue weighted by Gasteiger charge is -1.98. The highest BCUT2D eigenvalue weighted by Crippen LogP contribution is 2.00. The maximum atomic E-state index is 4.14. The van der Waals surface area contributed by atoms with Crippen LogP contribution in [0.15, 0.2) is 12.5 Å². The van der Waals surface area contributed by atoms with Crippen LogP contribution in [0.2, 0.25) is 0 Å². The molecule has 0 bridgehead atoms. The average Bonchev–Trinajstić information content (AvgIpc) is 2.31. The Morgan fingerprint density at radius 1 is 1.70 bits per heavy atom. The summed E-state index contributed by atoms with van der Waals surface area (Å²) in [6, 6.07) is 0. The summed E-state index contributed by atoms with van der Waals surface area (Å²) < 4.78 is 2.05. The summed E-state index contributed by atoms with van der Waals surface area (Å²) in [5.41, 5.74) is 1.29. The molecule has 1 rings (SSSR count). The minimum atomic E-state index is 0.950. The van der Waals surface area contributed by atoms with E-state index in [-0.39, 0.29) is 0 Å². The van der Waals surface area contributed by atoms with E-state index < -0.39 is 0 Å². The minimum absolute atomic E-state index is 0.950. The first-order valence-electron chi connectivity index (χ1n) is 3.40. The topological polar surface area (TPSA) is 17.8 Å². The van der Waals surface area contributed by atoms with E-state index in [1.807, 2.05) is 24.1 Å². The first-order valence-corrected chi connectivity index (χ1v) is 4.04. The summed E-state index contributed by atoms with van der Waals surface area (Å²) in [5, 5.41) is 0. The molecule has 56 valence electrons. The van der Waals surface area contributed by atoms with Gasteiger partial charge >= 0.3 is 0 Å². The highest BCUT2D eigenvalue weighted by Gasteiger charge is 1.95. The van der Waals surface area contributed by atoms with Gasteiger partial charge in [-0.25, -0.2) is 4.98 Å². The maximum absolute atomic E-state index is 4.14. The van der Waals surface area contributed by atoms with Gasteiger partial charge in [-0.1, -0.05) is 0 Å². The van der Waals surface area contributed by atoms with Crippen molar-refractivity contribution in [3.63, 3.8) is 0 Å². The van der Waals surface area contributed by atoms with Crippen molar-refractivity contribution in [2.45, 2.75) is 12.8 Å². The maximum Gasteiger partial charge on any atom is 0.0945 e. The molecule has 0 N–H and O–H groups in total. The van der Waals surface area contributed by atoms with Gasteiger partial charge in [0.2, 0.25) is 0 Å². The number of aromatic nitrogens is 2. The molecule has 0 saturated carbocycles. The fourth-order valence-electron chi connectivity index (χ4n) is 0.886. The highest BCUT2D eigenvalue weighted by molar-refractivity contribution is 7.80. The predicted octanol–water partition coefficient (Wildman–Crippen LogP) is 1.28. The van der Waals surface area contributed by atoms with Gasteiger partial charge in [-0.2, -0.15) is 12.6 Å². The molecule has 0 amide bonds. The molecular formula is C7H12N2S. The summed E-state index contributed by atoms with van der Waals surface area (Å²) in [7, 11) is 2.01. The van der Waals surface area contributed by atoms with Crippen LogP contribution >= 0.6 is 12.6 Å². The second-order valence-electron chi connectivity index (χ2n) is 2.32. The standard InChI is InChI=1S/C7H12N2S/c1-9-6-8-5-7(9)3-2-4-10/h5-6,10H,2-4H2,1H3. The molecule has 0 aromatic carbocycles. The number of nitrogens with zero attached hydrogens (tertiary/aromatic N) is 2. The molecule has 0 aliphatic rings. The normalized spacial score (nSPS) is 10.2. The van der Waals surface area contributed by atoms with Gasteiger partial charge in [0.15, 0.2) is 0 Å². The molecule has 0 saturated heterocycles. The Hall–Kier alpha value is -0.440. The molecule has 0 unspecified atom stereocenters. The molecule has 0 aliphatic carbocycles. The van der Waals surface area contributed by atoms with Crippen LogP contribution in [-0.2, 0) is 13.5 Å². The molecule has 1 aromatic heterocycles. The van der Waals surface area contributed by atoms with Gasteiger partial charge in [-0.15, -0.1) is 0 Å². The second kappa shape index (κ2) is 3.66. The first kappa shape index (κ1) is 7.66. The van der Waals surface area contributed by atoms with E-state index >= 15 is 0 Å². The van der Waals surface area contributed by atoms with Crippen LogP contribution in [0.3, 0.4) is 0 Å². The van der Waals surface area contributed by atoms with Crippen molar-refractivity contribution in [2.75, 3.05) is 5.75 Å². The van der Waals surface area contributed by atoms with Gasteiger partial charge < -0.3 is 4.57 Å². The Kier molecular flexibility index (Phi) is 2.81. The van der Waals surface area contributed by atoms with Crippen molar-refractivity contribution in [3.05, 3.63) is 18.2 Å². The van der Waals surface area contributed by atoms with E-state index in [1.54, 1.807) is 0 Å². The molecule has 2 nitrogen and oxygen atoms in total. The summed E-state index contributed by atoms with van der Waals surface area (Å²) in [5.74, 6) is 0.950. The molecular weight excluding hydrogens is 144 g/mol. The highest BCUT2D eigenvalue weighted by atomic mass is 32.1. The number of thiol groups is 1. The second-order valence-corrected chi connectivity index (χ2v) is 2.77. The van der Waals surface area contributed by atoms with Crippen molar-refractivity contribution in [2.24, 2.45) is 7.05 Å². The first-order chi connectivity index (χ1) is 4.84. The van der Waals surface area contributed by atoms with E-state index in [9.17, 15) is 0 Å². The van der Waals surface area contributed by atoms with Crippen LogP contribution in [-0.4, -0.2) is 15.3 Å². The van der Waals surface area contributed by atoms with Crippen LogP contribution in [0.1, 0.15) is 12.1 Å². The largest absolute Gasteiger partial charge is 0.338 e. The summed E-state index contributed by atoms with van der Waals surface area (Å²) >= 11 is 4.14. The average molecular weight is 156 g/mol. The molecule has 0 aliphatic heterocycles. The molecule has 0 atom stereocenters. The third kappa shape index (κ3) is 1.77. The van der Waals surface area contributed by atoms with Gasteiger partial charge in [-0.05, 0) is 18.6 Å². The Morgan fingerprint density at radius 3 is 3.00 bits per heavy atom. The molecule has 1 heterocycles. The number of aryl methyl sites for hydroxylation is 2. The van der Waals surface area contributed by atoms with E-state index in [0.29, 0.717) is 0 Å². The Morgan fingerprint density at radius 2 is 2.50 bits per heavy atom. The van der Waals surface area contributed by atoms with Gasteiger partial charge in [0, 0.05) is 18.9 Å². The molecule has 10 heavy (non-hydrogen) atoms. The van der Waals surface area contributed by atoms with E-state index in [4.69, 9.17) is 0 Å². The van der Waals surface area contributed by atoms with Crippen LogP contribution in [0.4, 0.5) is 0 Å². The number of hydrogen-bond donors (Lipinski definition) is 1. The molecule has 0 radical (unpaired) electrons. The molecule has 0 spiro atoms. The van der Waals surface area contributed by atoms with E-state index in [0.717, 1.165) is 18.6 Å². The smallest absolute Gasteiger partial charge is 0.0945 e. The summed E-state index contributed by atoms with van der Waals surface area (Å²) in [4.78, 5) is 4.01. The van der Waals surface area contributed by atoms with E-state index in [2.05, 4.69) is 17.6 Å².